The minimum absolute atomic E-state index is 0.251. The van der Waals surface area contributed by atoms with Gasteiger partial charge < -0.3 is 19.4 Å². The Bertz CT molecular complexity index is 812. The fraction of sp³-hybridized carbons (Fsp3) is 0.368. The molecule has 0 fully saturated rings. The van der Waals surface area contributed by atoms with E-state index in [1.165, 1.54) is 12.1 Å². The molecule has 0 aliphatic heterocycles. The number of hydrogen-bond donors (Lipinski definition) is 1. The van der Waals surface area contributed by atoms with Gasteiger partial charge in [0.1, 0.15) is 12.4 Å². The summed E-state index contributed by atoms with van der Waals surface area (Å²) in [4.78, 5) is 5.35. The Morgan fingerprint density at radius 1 is 1.08 bits per heavy atom. The number of benzene rings is 2. The van der Waals surface area contributed by atoms with E-state index >= 15 is 0 Å². The summed E-state index contributed by atoms with van der Waals surface area (Å²) in [6.45, 7) is 5.35. The Hall–Kier alpha value is -2.27. The third kappa shape index (κ3) is 3.62. The lowest BCUT2D eigenvalue weighted by atomic mass is 10.1. The molecule has 3 rings (SSSR count). The molecular formula is C19H25FN2O2. The predicted octanol–water partition coefficient (Wildman–Crippen LogP) is 4.44. The summed E-state index contributed by atoms with van der Waals surface area (Å²) in [7, 11) is 5.60. The molecule has 24 heavy (non-hydrogen) atoms. The van der Waals surface area contributed by atoms with Crippen LogP contribution in [0.2, 0.25) is 0 Å². The molecule has 0 radical (unpaired) electrons. The van der Waals surface area contributed by atoms with Gasteiger partial charge in [0.15, 0.2) is 11.5 Å². The first-order valence-electron chi connectivity index (χ1n) is 8.15. The summed E-state index contributed by atoms with van der Waals surface area (Å²) in [6, 6.07) is 8.49. The number of H-pyrrole nitrogens is 1. The van der Waals surface area contributed by atoms with Crippen LogP contribution in [0, 0.1) is 5.82 Å². The summed E-state index contributed by atoms with van der Waals surface area (Å²) in [6.07, 6.45) is 0. The van der Waals surface area contributed by atoms with Gasteiger partial charge in [0, 0.05) is 22.8 Å². The van der Waals surface area contributed by atoms with Crippen LogP contribution in [0.15, 0.2) is 30.3 Å². The van der Waals surface area contributed by atoms with Crippen molar-refractivity contribution in [3.63, 3.8) is 0 Å². The van der Waals surface area contributed by atoms with E-state index in [9.17, 15) is 4.39 Å². The molecule has 3 aromatic rings. The quantitative estimate of drug-likeness (QED) is 0.751. The number of nitrogens with zero attached hydrogens (tertiary/aromatic N) is 1. The van der Waals surface area contributed by atoms with Crippen LogP contribution in [0.5, 0.6) is 11.5 Å². The number of halogens is 1. The lowest BCUT2D eigenvalue weighted by molar-refractivity contribution is 0.253. The molecule has 4 nitrogen and oxygen atoms in total. The normalized spacial score (nSPS) is 10.8. The number of rotatable bonds is 5. The molecule has 0 aliphatic rings. The van der Waals surface area contributed by atoms with Crippen LogP contribution in [0.25, 0.3) is 21.8 Å². The predicted molar refractivity (Wildman–Crippen MR) is 97.7 cm³/mol. The summed E-state index contributed by atoms with van der Waals surface area (Å²) < 4.78 is 24.8. The highest BCUT2D eigenvalue weighted by Gasteiger charge is 2.14. The van der Waals surface area contributed by atoms with E-state index in [2.05, 4.69) is 4.98 Å². The van der Waals surface area contributed by atoms with E-state index in [0.717, 1.165) is 28.4 Å². The Balaban J connectivity index is 0.00000100. The summed E-state index contributed by atoms with van der Waals surface area (Å²) in [5.41, 5.74) is 1.71. The van der Waals surface area contributed by atoms with Gasteiger partial charge in [-0.25, -0.2) is 4.39 Å². The maximum absolute atomic E-state index is 13.5. The van der Waals surface area contributed by atoms with Crippen molar-refractivity contribution < 1.29 is 13.9 Å². The zero-order valence-electron chi connectivity index (χ0n) is 14.9. The molecular weight excluding hydrogens is 307 g/mol. The van der Waals surface area contributed by atoms with Crippen molar-refractivity contribution in [1.82, 2.24) is 9.88 Å². The Labute approximate surface area is 142 Å². The maximum atomic E-state index is 13.5. The minimum atomic E-state index is -0.251. The van der Waals surface area contributed by atoms with Gasteiger partial charge in [0.05, 0.1) is 12.6 Å². The van der Waals surface area contributed by atoms with E-state index in [0.29, 0.717) is 18.1 Å². The van der Waals surface area contributed by atoms with Gasteiger partial charge in [0.25, 0.3) is 0 Å². The molecule has 0 bridgehead atoms. The van der Waals surface area contributed by atoms with Gasteiger partial charge in [-0.3, -0.25) is 0 Å². The number of aromatic amines is 1. The van der Waals surface area contributed by atoms with Crippen molar-refractivity contribution in [2.45, 2.75) is 13.8 Å². The highest BCUT2D eigenvalue weighted by Crippen LogP contribution is 2.38. The molecule has 1 aromatic heterocycles. The average Bonchev–Trinajstić information content (AvgIpc) is 2.94. The lowest BCUT2D eigenvalue weighted by Gasteiger charge is -2.14. The third-order valence-corrected chi connectivity index (χ3v) is 3.66. The van der Waals surface area contributed by atoms with Gasteiger partial charge in [-0.15, -0.1) is 0 Å². The molecule has 2 aromatic carbocycles. The minimum Gasteiger partial charge on any atom is -0.493 e. The smallest absolute Gasteiger partial charge is 0.185 e. The fourth-order valence-corrected chi connectivity index (χ4v) is 2.53. The zero-order valence-corrected chi connectivity index (χ0v) is 14.9. The van der Waals surface area contributed by atoms with E-state index in [-0.39, 0.29) is 5.82 Å². The molecule has 0 saturated carbocycles. The third-order valence-electron chi connectivity index (χ3n) is 3.66. The molecule has 0 aliphatic carbocycles. The molecule has 0 unspecified atom stereocenters. The van der Waals surface area contributed by atoms with Crippen LogP contribution < -0.4 is 9.47 Å². The van der Waals surface area contributed by atoms with Crippen molar-refractivity contribution in [2.24, 2.45) is 0 Å². The number of nitrogens with one attached hydrogen (secondary N) is 1. The number of methoxy groups -OCH3 is 1. The van der Waals surface area contributed by atoms with Crippen LogP contribution in [-0.4, -0.2) is 44.2 Å². The summed E-state index contributed by atoms with van der Waals surface area (Å²) >= 11 is 0. The van der Waals surface area contributed by atoms with Crippen LogP contribution in [-0.2, 0) is 0 Å². The molecule has 0 amide bonds. The Kier molecular flexibility index (Phi) is 6.04. The standard InChI is InChI=1S/C17H19FN2O2.C2H6/c1-20(2)8-9-22-17-15(21-3)7-5-12-13-10-11(18)4-6-14(13)19-16(12)17;1-2/h4-7,10,19H,8-9H2,1-3H3;1-2H3. The van der Waals surface area contributed by atoms with Gasteiger partial charge in [-0.1, -0.05) is 13.8 Å². The molecule has 0 saturated heterocycles. The monoisotopic (exact) mass is 332 g/mol. The van der Waals surface area contributed by atoms with E-state index in [4.69, 9.17) is 9.47 Å². The number of aromatic nitrogens is 1. The second kappa shape index (κ2) is 8.02. The van der Waals surface area contributed by atoms with Crippen molar-refractivity contribution in [3.8, 4) is 11.5 Å². The number of fused-ring (bicyclic) bond motifs is 3. The first kappa shape index (κ1) is 18.1. The fourth-order valence-electron chi connectivity index (χ4n) is 2.53. The first-order valence-corrected chi connectivity index (χ1v) is 8.15. The number of hydrogen-bond acceptors (Lipinski definition) is 3. The summed E-state index contributed by atoms with van der Waals surface area (Å²) in [5.74, 6) is 1.08. The van der Waals surface area contributed by atoms with Crippen LogP contribution >= 0.6 is 0 Å². The Morgan fingerprint density at radius 3 is 2.50 bits per heavy atom. The highest BCUT2D eigenvalue weighted by molar-refractivity contribution is 6.09. The molecule has 1 N–H and O–H groups in total. The largest absolute Gasteiger partial charge is 0.493 e. The second-order valence-electron chi connectivity index (χ2n) is 5.49. The van der Waals surface area contributed by atoms with Crippen molar-refractivity contribution >= 4 is 21.8 Å². The topological polar surface area (TPSA) is 37.5 Å². The number of ether oxygens (including phenoxy) is 2. The average molecular weight is 332 g/mol. The lowest BCUT2D eigenvalue weighted by Crippen LogP contribution is -2.19. The SMILES string of the molecule is CC.COc1ccc2c([nH]c3ccc(F)cc32)c1OCCN(C)C. The van der Waals surface area contributed by atoms with Crippen LogP contribution in [0.4, 0.5) is 4.39 Å². The first-order chi connectivity index (χ1) is 11.6. The summed E-state index contributed by atoms with van der Waals surface area (Å²) in [5, 5.41) is 1.77. The Morgan fingerprint density at radius 2 is 1.83 bits per heavy atom. The molecule has 130 valence electrons. The maximum Gasteiger partial charge on any atom is 0.185 e. The van der Waals surface area contributed by atoms with Crippen LogP contribution in [0.1, 0.15) is 13.8 Å². The molecule has 5 heteroatoms. The van der Waals surface area contributed by atoms with Gasteiger partial charge >= 0.3 is 0 Å². The van der Waals surface area contributed by atoms with Gasteiger partial charge in [-0.05, 0) is 44.4 Å². The highest BCUT2D eigenvalue weighted by atomic mass is 19.1. The zero-order chi connectivity index (χ0) is 17.7. The van der Waals surface area contributed by atoms with Gasteiger partial charge in [0.2, 0.25) is 0 Å². The van der Waals surface area contributed by atoms with Gasteiger partial charge in [-0.2, -0.15) is 0 Å². The number of likely N-dealkylation sites (N-methyl/N-ethyl adjacent to an activating group) is 1. The van der Waals surface area contributed by atoms with E-state index < -0.39 is 0 Å². The van der Waals surface area contributed by atoms with Crippen molar-refractivity contribution in [2.75, 3.05) is 34.4 Å². The van der Waals surface area contributed by atoms with Crippen LogP contribution in [0.3, 0.4) is 0 Å². The van der Waals surface area contributed by atoms with E-state index in [1.807, 2.05) is 45.0 Å². The van der Waals surface area contributed by atoms with Crippen molar-refractivity contribution in [1.29, 1.82) is 0 Å². The second-order valence-corrected chi connectivity index (χ2v) is 5.49. The molecule has 0 spiro atoms. The molecule has 0 atom stereocenters. The molecule has 1 heterocycles. The van der Waals surface area contributed by atoms with E-state index in [1.54, 1.807) is 13.2 Å². The van der Waals surface area contributed by atoms with Crippen molar-refractivity contribution in [3.05, 3.63) is 36.1 Å².